The van der Waals surface area contributed by atoms with Gasteiger partial charge in [0.25, 0.3) is 0 Å². The Hall–Kier alpha value is -2.08. The largest absolute Gasteiger partial charge is 0.465 e. The number of oxazole rings is 1. The molecule has 0 radical (unpaired) electrons. The second-order valence-electron chi connectivity index (χ2n) is 4.56. The zero-order chi connectivity index (χ0) is 13.4. The fourth-order valence-corrected chi connectivity index (χ4v) is 2.49. The summed E-state index contributed by atoms with van der Waals surface area (Å²) in [5.74, 6) is -0.828. The summed E-state index contributed by atoms with van der Waals surface area (Å²) in [6, 6.07) is 5.02. The van der Waals surface area contributed by atoms with Crippen LogP contribution in [0.1, 0.15) is 22.8 Å². The summed E-state index contributed by atoms with van der Waals surface area (Å²) in [4.78, 5) is 23.4. The van der Waals surface area contributed by atoms with E-state index in [1.807, 2.05) is 0 Å². The summed E-state index contributed by atoms with van der Waals surface area (Å²) < 4.78 is 11.5. The Morgan fingerprint density at radius 3 is 3.05 bits per heavy atom. The van der Waals surface area contributed by atoms with Crippen molar-refractivity contribution in [3.05, 3.63) is 34.3 Å². The first-order valence-corrected chi connectivity index (χ1v) is 6.15. The summed E-state index contributed by atoms with van der Waals surface area (Å²) in [5.41, 5.74) is 1.51. The molecule has 2 heterocycles. The van der Waals surface area contributed by atoms with Gasteiger partial charge in [0.2, 0.25) is 0 Å². The molecule has 0 saturated carbocycles. The van der Waals surface area contributed by atoms with Crippen LogP contribution in [0.15, 0.2) is 27.4 Å². The lowest BCUT2D eigenvalue weighted by Gasteiger charge is -2.09. The molecule has 6 nitrogen and oxygen atoms in total. The Balaban J connectivity index is 2.12. The van der Waals surface area contributed by atoms with Crippen LogP contribution in [0.2, 0.25) is 0 Å². The van der Waals surface area contributed by atoms with Crippen molar-refractivity contribution >= 4 is 17.1 Å². The summed E-state index contributed by atoms with van der Waals surface area (Å²) >= 11 is 0. The summed E-state index contributed by atoms with van der Waals surface area (Å²) in [5, 5.41) is 3.22. The molecule has 19 heavy (non-hydrogen) atoms. The highest BCUT2D eigenvalue weighted by Crippen LogP contribution is 2.22. The Morgan fingerprint density at radius 2 is 2.37 bits per heavy atom. The van der Waals surface area contributed by atoms with E-state index in [0.29, 0.717) is 16.7 Å². The number of methoxy groups -OCH3 is 1. The number of fused-ring (bicyclic) bond motifs is 1. The van der Waals surface area contributed by atoms with Gasteiger partial charge < -0.3 is 14.5 Å². The number of aromatic nitrogens is 1. The van der Waals surface area contributed by atoms with E-state index in [2.05, 4.69) is 10.1 Å². The van der Waals surface area contributed by atoms with Crippen molar-refractivity contribution < 1.29 is 13.9 Å². The van der Waals surface area contributed by atoms with Crippen LogP contribution in [0.3, 0.4) is 0 Å². The van der Waals surface area contributed by atoms with Gasteiger partial charge in [-0.25, -0.2) is 9.59 Å². The monoisotopic (exact) mass is 262 g/mol. The first-order valence-electron chi connectivity index (χ1n) is 6.15. The number of benzene rings is 1. The maximum absolute atomic E-state index is 11.9. The minimum atomic E-state index is -0.445. The van der Waals surface area contributed by atoms with Crippen molar-refractivity contribution in [2.45, 2.75) is 12.5 Å². The van der Waals surface area contributed by atoms with Crippen molar-refractivity contribution in [2.24, 2.45) is 0 Å². The molecule has 1 fully saturated rings. The molecule has 0 spiro atoms. The maximum atomic E-state index is 11.9. The number of carbonyl (C=O) groups excluding carboxylic acids is 1. The summed E-state index contributed by atoms with van der Waals surface area (Å²) in [6.07, 6.45) is 0.896. The molecular formula is C13H14N2O4. The molecule has 0 amide bonds. The van der Waals surface area contributed by atoms with E-state index in [-0.39, 0.29) is 11.8 Å². The number of nitrogens with one attached hydrogen (secondary N) is 1. The molecule has 1 aromatic heterocycles. The maximum Gasteiger partial charge on any atom is 0.420 e. The third-order valence-electron chi connectivity index (χ3n) is 3.43. The Labute approximate surface area is 109 Å². The Bertz CT molecular complexity index is 679. The average molecular weight is 262 g/mol. The van der Waals surface area contributed by atoms with Gasteiger partial charge in [-0.1, -0.05) is 0 Å². The van der Waals surface area contributed by atoms with Crippen molar-refractivity contribution in [3.8, 4) is 0 Å². The number of esters is 1. The molecule has 0 bridgehead atoms. The SMILES string of the molecule is COC(=O)c1ccc2c(c1)oc(=O)n2C1CCNC1. The third kappa shape index (κ3) is 1.94. The van der Waals surface area contributed by atoms with Crippen LogP contribution in [-0.2, 0) is 4.74 Å². The fourth-order valence-electron chi connectivity index (χ4n) is 2.49. The quantitative estimate of drug-likeness (QED) is 0.814. The van der Waals surface area contributed by atoms with E-state index in [0.717, 1.165) is 19.5 Å². The van der Waals surface area contributed by atoms with Crippen LogP contribution in [0, 0.1) is 0 Å². The lowest BCUT2D eigenvalue weighted by Crippen LogP contribution is -2.22. The topological polar surface area (TPSA) is 73.5 Å². The molecule has 2 aromatic rings. The van der Waals surface area contributed by atoms with Gasteiger partial charge in [0.1, 0.15) is 0 Å². The van der Waals surface area contributed by atoms with Crippen LogP contribution < -0.4 is 11.1 Å². The molecular weight excluding hydrogens is 248 g/mol. The van der Waals surface area contributed by atoms with Gasteiger partial charge in [-0.15, -0.1) is 0 Å². The van der Waals surface area contributed by atoms with Gasteiger partial charge >= 0.3 is 11.7 Å². The minimum Gasteiger partial charge on any atom is -0.465 e. The lowest BCUT2D eigenvalue weighted by atomic mass is 10.2. The highest BCUT2D eigenvalue weighted by atomic mass is 16.5. The van der Waals surface area contributed by atoms with E-state index in [1.165, 1.54) is 7.11 Å². The van der Waals surface area contributed by atoms with E-state index in [1.54, 1.807) is 22.8 Å². The zero-order valence-corrected chi connectivity index (χ0v) is 10.5. The molecule has 0 aliphatic carbocycles. The van der Waals surface area contributed by atoms with Crippen LogP contribution in [0.5, 0.6) is 0 Å². The minimum absolute atomic E-state index is 0.109. The second-order valence-corrected chi connectivity index (χ2v) is 4.56. The van der Waals surface area contributed by atoms with Gasteiger partial charge in [0.05, 0.1) is 24.2 Å². The second kappa shape index (κ2) is 4.55. The number of hydrogen-bond donors (Lipinski definition) is 1. The van der Waals surface area contributed by atoms with Gasteiger partial charge in [-0.2, -0.15) is 0 Å². The van der Waals surface area contributed by atoms with Crippen molar-refractivity contribution in [2.75, 3.05) is 20.2 Å². The molecule has 1 N–H and O–H groups in total. The molecule has 1 atom stereocenters. The van der Waals surface area contributed by atoms with E-state index in [4.69, 9.17) is 4.42 Å². The highest BCUT2D eigenvalue weighted by molar-refractivity contribution is 5.93. The average Bonchev–Trinajstić information content (AvgIpc) is 3.02. The Kier molecular flexibility index (Phi) is 2.87. The molecule has 1 aliphatic rings. The number of ether oxygens (including phenoxy) is 1. The van der Waals surface area contributed by atoms with Crippen LogP contribution in [-0.4, -0.2) is 30.7 Å². The van der Waals surface area contributed by atoms with Crippen LogP contribution >= 0.6 is 0 Å². The molecule has 1 aliphatic heterocycles. The van der Waals surface area contributed by atoms with Crippen molar-refractivity contribution in [1.82, 2.24) is 9.88 Å². The third-order valence-corrected chi connectivity index (χ3v) is 3.43. The van der Waals surface area contributed by atoms with E-state index in [9.17, 15) is 9.59 Å². The van der Waals surface area contributed by atoms with Crippen molar-refractivity contribution in [3.63, 3.8) is 0 Å². The number of nitrogens with zero attached hydrogens (tertiary/aromatic N) is 1. The van der Waals surface area contributed by atoms with Crippen molar-refractivity contribution in [1.29, 1.82) is 0 Å². The van der Waals surface area contributed by atoms with Gasteiger partial charge in [-0.3, -0.25) is 4.57 Å². The smallest absolute Gasteiger partial charge is 0.420 e. The van der Waals surface area contributed by atoms with E-state index >= 15 is 0 Å². The van der Waals surface area contributed by atoms with E-state index < -0.39 is 5.97 Å². The first-order chi connectivity index (χ1) is 9.20. The molecule has 100 valence electrons. The highest BCUT2D eigenvalue weighted by Gasteiger charge is 2.22. The Morgan fingerprint density at radius 1 is 1.53 bits per heavy atom. The lowest BCUT2D eigenvalue weighted by molar-refractivity contribution is 0.0601. The van der Waals surface area contributed by atoms with Crippen LogP contribution in [0.4, 0.5) is 0 Å². The molecule has 6 heteroatoms. The number of hydrogen-bond acceptors (Lipinski definition) is 5. The number of carbonyl (C=O) groups is 1. The zero-order valence-electron chi connectivity index (χ0n) is 10.5. The summed E-state index contributed by atoms with van der Waals surface area (Å²) in [7, 11) is 1.32. The molecule has 1 aromatic carbocycles. The molecule has 1 saturated heterocycles. The summed E-state index contributed by atoms with van der Waals surface area (Å²) in [6.45, 7) is 1.65. The predicted octanol–water partition coefficient (Wildman–Crippen LogP) is 0.915. The molecule has 1 unspecified atom stereocenters. The van der Waals surface area contributed by atoms with Gasteiger partial charge in [0, 0.05) is 6.54 Å². The van der Waals surface area contributed by atoms with Gasteiger partial charge in [0.15, 0.2) is 5.58 Å². The van der Waals surface area contributed by atoms with Gasteiger partial charge in [-0.05, 0) is 31.2 Å². The normalized spacial score (nSPS) is 18.9. The fraction of sp³-hybridized carbons (Fsp3) is 0.385. The predicted molar refractivity (Wildman–Crippen MR) is 68.3 cm³/mol. The number of rotatable bonds is 2. The standard InChI is InChI=1S/C13H14N2O4/c1-18-12(16)8-2-3-10-11(6-8)19-13(17)15(10)9-4-5-14-7-9/h2-3,6,9,14H,4-5,7H2,1H3. The first kappa shape index (κ1) is 12.0. The van der Waals surface area contributed by atoms with Crippen LogP contribution in [0.25, 0.3) is 11.1 Å². The molecule has 3 rings (SSSR count).